The molecule has 202 valence electrons. The second-order valence-electron chi connectivity index (χ2n) is 9.57. The van der Waals surface area contributed by atoms with Gasteiger partial charge in [0.1, 0.15) is 23.4 Å². The molecule has 6 rings (SSSR count). The van der Waals surface area contributed by atoms with Crippen LogP contribution < -0.4 is 15.1 Å². The smallest absolute Gasteiger partial charge is 0.308 e. The average Bonchev–Trinajstić information content (AvgIpc) is 3.37. The van der Waals surface area contributed by atoms with Gasteiger partial charge in [0.2, 0.25) is 17.7 Å². The van der Waals surface area contributed by atoms with Crippen molar-refractivity contribution in [2.75, 3.05) is 10.2 Å². The van der Waals surface area contributed by atoms with Gasteiger partial charge in [-0.2, -0.15) is 0 Å². The molecule has 1 N–H and O–H groups in total. The Bertz CT molecular complexity index is 1720. The average molecular weight is 578 g/mol. The van der Waals surface area contributed by atoms with Crippen molar-refractivity contribution in [1.29, 1.82) is 0 Å². The molecule has 1 aromatic heterocycles. The zero-order valence-electron chi connectivity index (χ0n) is 21.0. The quantitative estimate of drug-likeness (QED) is 0.340. The molecular formula is C29H21F2N3O4S2. The minimum atomic E-state index is -0.903. The number of anilines is 2. The Morgan fingerprint density at radius 1 is 0.900 bits per heavy atom. The van der Waals surface area contributed by atoms with Crippen molar-refractivity contribution in [1.82, 2.24) is 4.57 Å². The summed E-state index contributed by atoms with van der Waals surface area (Å²) in [5, 5.41) is 2.34. The number of thioether (sulfide) groups is 1. The molecular weight excluding hydrogens is 556 g/mol. The van der Waals surface area contributed by atoms with Crippen molar-refractivity contribution >= 4 is 52.2 Å². The predicted molar refractivity (Wildman–Crippen MR) is 149 cm³/mol. The van der Waals surface area contributed by atoms with Gasteiger partial charge in [0.15, 0.2) is 0 Å². The van der Waals surface area contributed by atoms with Crippen molar-refractivity contribution in [3.8, 4) is 0 Å². The van der Waals surface area contributed by atoms with Crippen molar-refractivity contribution in [3.05, 3.63) is 110 Å². The Morgan fingerprint density at radius 2 is 1.55 bits per heavy atom. The van der Waals surface area contributed by atoms with E-state index in [1.165, 1.54) is 53.1 Å². The SMILES string of the molecule is Cc1ccccc1NC(=O)Cn1c2c(sc1=O)[C@@H](c1ccc(F)cc1)[C@@H]1C(=O)N(c3ccc(F)cc3)C(=O)[C@@H]1S2. The van der Waals surface area contributed by atoms with Crippen molar-refractivity contribution < 1.29 is 23.2 Å². The van der Waals surface area contributed by atoms with E-state index in [9.17, 15) is 28.0 Å². The molecule has 0 spiro atoms. The molecule has 0 aliphatic carbocycles. The van der Waals surface area contributed by atoms with Crippen LogP contribution in [0.1, 0.15) is 21.9 Å². The number of halogens is 2. The van der Waals surface area contributed by atoms with Crippen molar-refractivity contribution in [2.24, 2.45) is 5.92 Å². The minimum Gasteiger partial charge on any atom is -0.324 e. The fourth-order valence-electron chi connectivity index (χ4n) is 5.18. The van der Waals surface area contributed by atoms with Gasteiger partial charge in [0.25, 0.3) is 0 Å². The van der Waals surface area contributed by atoms with Crippen LogP contribution in [-0.2, 0) is 20.9 Å². The number of nitrogens with one attached hydrogen (secondary N) is 1. The molecule has 1 fully saturated rings. The van der Waals surface area contributed by atoms with Crippen molar-refractivity contribution in [3.63, 3.8) is 0 Å². The number of benzene rings is 3. The van der Waals surface area contributed by atoms with E-state index in [0.29, 0.717) is 21.2 Å². The first-order valence-electron chi connectivity index (χ1n) is 12.4. The van der Waals surface area contributed by atoms with Gasteiger partial charge in [0, 0.05) is 16.5 Å². The summed E-state index contributed by atoms with van der Waals surface area (Å²) >= 11 is 1.98. The number of carbonyl (C=O) groups excluding carboxylic acids is 3. The van der Waals surface area contributed by atoms with E-state index in [2.05, 4.69) is 5.32 Å². The maximum Gasteiger partial charge on any atom is 0.308 e. The van der Waals surface area contributed by atoms with E-state index >= 15 is 0 Å². The fraction of sp³-hybridized carbons (Fsp3) is 0.172. The highest BCUT2D eigenvalue weighted by molar-refractivity contribution is 8.00. The monoisotopic (exact) mass is 577 g/mol. The topological polar surface area (TPSA) is 88.5 Å². The van der Waals surface area contributed by atoms with Gasteiger partial charge in [-0.3, -0.25) is 23.7 Å². The molecule has 3 aromatic carbocycles. The van der Waals surface area contributed by atoms with Crippen LogP contribution in [0.3, 0.4) is 0 Å². The van der Waals surface area contributed by atoms with Crippen LogP contribution in [0.15, 0.2) is 82.6 Å². The lowest BCUT2D eigenvalue weighted by atomic mass is 9.83. The number of thiazole rings is 1. The Hall–Kier alpha value is -4.09. The van der Waals surface area contributed by atoms with Gasteiger partial charge >= 0.3 is 4.87 Å². The molecule has 11 heteroatoms. The Labute approximate surface area is 235 Å². The zero-order valence-corrected chi connectivity index (χ0v) is 22.6. The van der Waals surface area contributed by atoms with E-state index in [4.69, 9.17) is 0 Å². The summed E-state index contributed by atoms with van der Waals surface area (Å²) in [6.45, 7) is 1.57. The summed E-state index contributed by atoms with van der Waals surface area (Å²) < 4.78 is 28.7. The molecule has 1 saturated heterocycles. The number of aryl methyl sites for hydroxylation is 1. The van der Waals surface area contributed by atoms with Gasteiger partial charge in [-0.25, -0.2) is 13.7 Å². The van der Waals surface area contributed by atoms with E-state index in [-0.39, 0.29) is 12.2 Å². The Balaban J connectivity index is 1.41. The third-order valence-corrected chi connectivity index (χ3v) is 9.69. The summed E-state index contributed by atoms with van der Waals surface area (Å²) in [5.41, 5.74) is 2.29. The highest BCUT2D eigenvalue weighted by atomic mass is 32.2. The second-order valence-corrected chi connectivity index (χ2v) is 11.7. The molecule has 2 aliphatic heterocycles. The summed E-state index contributed by atoms with van der Waals surface area (Å²) in [4.78, 5) is 54.8. The molecule has 0 saturated carbocycles. The Morgan fingerprint density at radius 3 is 2.23 bits per heavy atom. The van der Waals surface area contributed by atoms with E-state index in [1.54, 1.807) is 12.1 Å². The number of para-hydroxylation sites is 1. The number of imide groups is 1. The molecule has 40 heavy (non-hydrogen) atoms. The Kier molecular flexibility index (Phi) is 6.63. The van der Waals surface area contributed by atoms with E-state index in [0.717, 1.165) is 33.6 Å². The number of hydrogen-bond donors (Lipinski definition) is 1. The van der Waals surface area contributed by atoms with Gasteiger partial charge < -0.3 is 5.32 Å². The first kappa shape index (κ1) is 26.1. The number of fused-ring (bicyclic) bond motifs is 2. The van der Waals surface area contributed by atoms with Gasteiger partial charge in [-0.1, -0.05) is 53.4 Å². The van der Waals surface area contributed by atoms with Crippen LogP contribution in [0.5, 0.6) is 0 Å². The minimum absolute atomic E-state index is 0.239. The lowest BCUT2D eigenvalue weighted by molar-refractivity contribution is -0.122. The van der Waals surface area contributed by atoms with Crippen LogP contribution in [0, 0.1) is 24.5 Å². The van der Waals surface area contributed by atoms with Gasteiger partial charge in [0.05, 0.1) is 16.6 Å². The maximum atomic E-state index is 13.8. The lowest BCUT2D eigenvalue weighted by Gasteiger charge is -2.30. The van der Waals surface area contributed by atoms with E-state index < -0.39 is 51.3 Å². The second kappa shape index (κ2) is 10.1. The first-order valence-corrected chi connectivity index (χ1v) is 14.1. The number of amides is 3. The lowest BCUT2D eigenvalue weighted by Crippen LogP contribution is -2.33. The van der Waals surface area contributed by atoms with Gasteiger partial charge in [-0.05, 0) is 60.5 Å². The normalized spacial score (nSPS) is 19.9. The predicted octanol–water partition coefficient (Wildman–Crippen LogP) is 4.93. The summed E-state index contributed by atoms with van der Waals surface area (Å²) in [6, 6.07) is 17.9. The van der Waals surface area contributed by atoms with Crippen LogP contribution in [0.25, 0.3) is 0 Å². The molecule has 3 heterocycles. The van der Waals surface area contributed by atoms with Crippen LogP contribution in [0.4, 0.5) is 20.2 Å². The fourth-order valence-corrected chi connectivity index (χ4v) is 7.95. The molecule has 3 atom stereocenters. The van der Waals surface area contributed by atoms with Gasteiger partial charge in [-0.15, -0.1) is 0 Å². The third kappa shape index (κ3) is 4.44. The number of aromatic nitrogens is 1. The van der Waals surface area contributed by atoms with E-state index in [1.807, 2.05) is 19.1 Å². The zero-order chi connectivity index (χ0) is 28.1. The molecule has 0 radical (unpaired) electrons. The molecule has 0 bridgehead atoms. The number of hydrogen-bond acceptors (Lipinski definition) is 6. The standard InChI is InChI=1S/C29H21F2N3O4S2/c1-15-4-2-3-5-20(15)32-21(35)14-33-28-25(40-29(33)38)22(16-6-8-17(30)9-7-16)23-24(39-28)27(37)34(26(23)36)19-12-10-18(31)11-13-19/h2-13,22-24H,14H2,1H3,(H,32,35)/t22-,23-,24+/m0/s1. The number of nitrogens with zero attached hydrogens (tertiary/aromatic N) is 2. The third-order valence-electron chi connectivity index (χ3n) is 7.08. The summed E-state index contributed by atoms with van der Waals surface area (Å²) in [5.74, 6) is -3.98. The molecule has 7 nitrogen and oxygen atoms in total. The highest BCUT2D eigenvalue weighted by Crippen LogP contribution is 2.53. The summed E-state index contributed by atoms with van der Waals surface area (Å²) in [7, 11) is 0. The highest BCUT2D eigenvalue weighted by Gasteiger charge is 2.56. The van der Waals surface area contributed by atoms with Crippen LogP contribution >= 0.6 is 23.1 Å². The molecule has 0 unspecified atom stereocenters. The van der Waals surface area contributed by atoms with Crippen LogP contribution in [-0.4, -0.2) is 27.5 Å². The van der Waals surface area contributed by atoms with Crippen molar-refractivity contribution in [2.45, 2.75) is 29.7 Å². The summed E-state index contributed by atoms with van der Waals surface area (Å²) in [6.07, 6.45) is 0. The number of carbonyl (C=O) groups is 3. The molecule has 2 aliphatic rings. The largest absolute Gasteiger partial charge is 0.324 e. The molecule has 4 aromatic rings. The molecule has 3 amide bonds. The first-order chi connectivity index (χ1) is 19.2. The maximum absolute atomic E-state index is 13.8. The number of rotatable bonds is 5. The van der Waals surface area contributed by atoms with Crippen LogP contribution in [0.2, 0.25) is 0 Å².